The molecule has 0 fully saturated rings. The Balaban J connectivity index is 2.07. The molecule has 17 heavy (non-hydrogen) atoms. The molecule has 0 heterocycles. The SMILES string of the molecule is Clc1ccc(COc2cccc(I)c2)c(Cl)c1. The van der Waals surface area contributed by atoms with Crippen LogP contribution in [0, 0.1) is 3.57 Å². The van der Waals surface area contributed by atoms with E-state index < -0.39 is 0 Å². The Hall–Kier alpha value is -0.450. The first-order valence-electron chi connectivity index (χ1n) is 4.97. The number of hydrogen-bond acceptors (Lipinski definition) is 1. The predicted octanol–water partition coefficient (Wildman–Crippen LogP) is 5.18. The van der Waals surface area contributed by atoms with Gasteiger partial charge in [-0.3, -0.25) is 0 Å². The largest absolute Gasteiger partial charge is 0.489 e. The second-order valence-electron chi connectivity index (χ2n) is 3.48. The standard InChI is InChI=1S/C13H9Cl2IO/c14-10-5-4-9(13(15)6-10)8-17-12-3-1-2-11(16)7-12/h1-7H,8H2. The lowest BCUT2D eigenvalue weighted by Gasteiger charge is -2.08. The lowest BCUT2D eigenvalue weighted by Crippen LogP contribution is -1.96. The Morgan fingerprint density at radius 1 is 1.06 bits per heavy atom. The van der Waals surface area contributed by atoms with Gasteiger partial charge in [0.25, 0.3) is 0 Å². The smallest absolute Gasteiger partial charge is 0.120 e. The minimum atomic E-state index is 0.441. The molecule has 0 amide bonds. The molecule has 0 saturated heterocycles. The van der Waals surface area contributed by atoms with Crippen molar-refractivity contribution in [3.05, 3.63) is 61.6 Å². The van der Waals surface area contributed by atoms with E-state index in [1.807, 2.05) is 30.3 Å². The van der Waals surface area contributed by atoms with E-state index in [-0.39, 0.29) is 0 Å². The van der Waals surface area contributed by atoms with Crippen LogP contribution in [0.3, 0.4) is 0 Å². The Morgan fingerprint density at radius 2 is 1.88 bits per heavy atom. The van der Waals surface area contributed by atoms with Crippen LogP contribution in [0.1, 0.15) is 5.56 Å². The van der Waals surface area contributed by atoms with Crippen molar-refractivity contribution in [3.63, 3.8) is 0 Å². The van der Waals surface area contributed by atoms with Gasteiger partial charge in [-0.2, -0.15) is 0 Å². The van der Waals surface area contributed by atoms with Gasteiger partial charge in [0.15, 0.2) is 0 Å². The maximum absolute atomic E-state index is 6.06. The van der Waals surface area contributed by atoms with Crippen LogP contribution >= 0.6 is 45.8 Å². The highest BCUT2D eigenvalue weighted by Gasteiger charge is 2.02. The summed E-state index contributed by atoms with van der Waals surface area (Å²) in [6.07, 6.45) is 0. The van der Waals surface area contributed by atoms with E-state index in [4.69, 9.17) is 27.9 Å². The Bertz CT molecular complexity index is 529. The van der Waals surface area contributed by atoms with Crippen LogP contribution in [0.4, 0.5) is 0 Å². The van der Waals surface area contributed by atoms with E-state index in [0.29, 0.717) is 16.7 Å². The second-order valence-corrected chi connectivity index (χ2v) is 5.57. The molecule has 0 bridgehead atoms. The highest BCUT2D eigenvalue weighted by molar-refractivity contribution is 14.1. The first kappa shape index (κ1) is 13.0. The van der Waals surface area contributed by atoms with Crippen molar-refractivity contribution >= 4 is 45.8 Å². The van der Waals surface area contributed by atoms with Gasteiger partial charge >= 0.3 is 0 Å². The fourth-order valence-electron chi connectivity index (χ4n) is 1.36. The lowest BCUT2D eigenvalue weighted by atomic mass is 10.2. The summed E-state index contributed by atoms with van der Waals surface area (Å²) in [4.78, 5) is 0. The summed E-state index contributed by atoms with van der Waals surface area (Å²) in [7, 11) is 0. The minimum Gasteiger partial charge on any atom is -0.489 e. The lowest BCUT2D eigenvalue weighted by molar-refractivity contribution is 0.306. The summed E-state index contributed by atoms with van der Waals surface area (Å²) in [5.41, 5.74) is 0.926. The van der Waals surface area contributed by atoms with Gasteiger partial charge in [0.1, 0.15) is 12.4 Å². The zero-order valence-corrected chi connectivity index (χ0v) is 12.5. The molecular formula is C13H9Cl2IO. The number of benzene rings is 2. The zero-order chi connectivity index (χ0) is 12.3. The van der Waals surface area contributed by atoms with Gasteiger partial charge < -0.3 is 4.74 Å². The van der Waals surface area contributed by atoms with Gasteiger partial charge in [-0.05, 0) is 52.9 Å². The van der Waals surface area contributed by atoms with Crippen LogP contribution in [0.5, 0.6) is 5.75 Å². The molecule has 0 saturated carbocycles. The van der Waals surface area contributed by atoms with Crippen LogP contribution in [-0.4, -0.2) is 0 Å². The molecule has 0 spiro atoms. The molecule has 0 atom stereocenters. The first-order chi connectivity index (χ1) is 8.15. The molecule has 1 nitrogen and oxygen atoms in total. The van der Waals surface area contributed by atoms with E-state index in [1.165, 1.54) is 0 Å². The summed E-state index contributed by atoms with van der Waals surface area (Å²) in [6.45, 7) is 0.441. The average Bonchev–Trinajstić information content (AvgIpc) is 2.28. The minimum absolute atomic E-state index is 0.441. The van der Waals surface area contributed by atoms with Crippen LogP contribution in [0.2, 0.25) is 10.0 Å². The Kier molecular flexibility index (Phi) is 4.54. The molecule has 0 aromatic heterocycles. The van der Waals surface area contributed by atoms with Crippen LogP contribution in [0.25, 0.3) is 0 Å². The topological polar surface area (TPSA) is 9.23 Å². The van der Waals surface area contributed by atoms with Gasteiger partial charge in [-0.15, -0.1) is 0 Å². The van der Waals surface area contributed by atoms with Gasteiger partial charge in [0, 0.05) is 19.2 Å². The van der Waals surface area contributed by atoms with Crippen LogP contribution in [-0.2, 0) is 6.61 Å². The molecule has 0 radical (unpaired) electrons. The van der Waals surface area contributed by atoms with Crippen molar-refractivity contribution in [3.8, 4) is 5.75 Å². The van der Waals surface area contributed by atoms with Crippen molar-refractivity contribution in [1.29, 1.82) is 0 Å². The molecule has 0 aliphatic carbocycles. The van der Waals surface area contributed by atoms with Crippen LogP contribution in [0.15, 0.2) is 42.5 Å². The van der Waals surface area contributed by atoms with E-state index in [9.17, 15) is 0 Å². The van der Waals surface area contributed by atoms with Crippen molar-refractivity contribution < 1.29 is 4.74 Å². The summed E-state index contributed by atoms with van der Waals surface area (Å²) in [6, 6.07) is 13.3. The number of ether oxygens (including phenoxy) is 1. The second kappa shape index (κ2) is 5.94. The third-order valence-corrected chi connectivity index (χ3v) is 3.46. The highest BCUT2D eigenvalue weighted by Crippen LogP contribution is 2.23. The normalized spacial score (nSPS) is 10.3. The quantitative estimate of drug-likeness (QED) is 0.669. The molecule has 2 rings (SSSR count). The molecule has 88 valence electrons. The fourth-order valence-corrected chi connectivity index (χ4v) is 2.33. The van der Waals surface area contributed by atoms with Gasteiger partial charge in [0.2, 0.25) is 0 Å². The van der Waals surface area contributed by atoms with E-state index >= 15 is 0 Å². The summed E-state index contributed by atoms with van der Waals surface area (Å²) >= 11 is 14.1. The van der Waals surface area contributed by atoms with Gasteiger partial charge in [-0.25, -0.2) is 0 Å². The van der Waals surface area contributed by atoms with Crippen molar-refractivity contribution in [2.75, 3.05) is 0 Å². The van der Waals surface area contributed by atoms with E-state index in [0.717, 1.165) is 14.9 Å². The molecular weight excluding hydrogens is 370 g/mol. The van der Waals surface area contributed by atoms with Crippen LogP contribution < -0.4 is 4.74 Å². The highest BCUT2D eigenvalue weighted by atomic mass is 127. The summed E-state index contributed by atoms with van der Waals surface area (Å²) in [5, 5.41) is 1.26. The summed E-state index contributed by atoms with van der Waals surface area (Å²) < 4.78 is 6.80. The predicted molar refractivity (Wildman–Crippen MR) is 80.0 cm³/mol. The monoisotopic (exact) mass is 378 g/mol. The van der Waals surface area contributed by atoms with Gasteiger partial charge in [-0.1, -0.05) is 35.3 Å². The maximum atomic E-state index is 6.06. The zero-order valence-electron chi connectivity index (χ0n) is 8.79. The van der Waals surface area contributed by atoms with Crippen molar-refractivity contribution in [2.45, 2.75) is 6.61 Å². The van der Waals surface area contributed by atoms with E-state index in [2.05, 4.69) is 22.6 Å². The Labute approximate surface area is 124 Å². The number of hydrogen-bond donors (Lipinski definition) is 0. The fraction of sp³-hybridized carbons (Fsp3) is 0.0769. The molecule has 0 unspecified atom stereocenters. The molecule has 4 heteroatoms. The number of rotatable bonds is 3. The molecule has 0 aliphatic rings. The average molecular weight is 379 g/mol. The van der Waals surface area contributed by atoms with Crippen molar-refractivity contribution in [2.24, 2.45) is 0 Å². The van der Waals surface area contributed by atoms with Gasteiger partial charge in [0.05, 0.1) is 0 Å². The number of halogens is 3. The molecule has 0 N–H and O–H groups in total. The van der Waals surface area contributed by atoms with Crippen molar-refractivity contribution in [1.82, 2.24) is 0 Å². The summed E-state index contributed by atoms with van der Waals surface area (Å²) in [5.74, 6) is 0.836. The maximum Gasteiger partial charge on any atom is 0.120 e. The molecule has 0 aliphatic heterocycles. The Morgan fingerprint density at radius 3 is 2.59 bits per heavy atom. The molecule has 2 aromatic carbocycles. The third-order valence-electron chi connectivity index (χ3n) is 2.21. The van der Waals surface area contributed by atoms with E-state index in [1.54, 1.807) is 12.1 Å². The third kappa shape index (κ3) is 3.76. The molecule has 2 aromatic rings. The first-order valence-corrected chi connectivity index (χ1v) is 6.81.